The zero-order valence-electron chi connectivity index (χ0n) is 10.5. The van der Waals surface area contributed by atoms with Crippen LogP contribution in [0.1, 0.15) is 34.1 Å². The molecular formula is C11H18FNO4. The van der Waals surface area contributed by atoms with Gasteiger partial charge in [0.15, 0.2) is 5.78 Å². The van der Waals surface area contributed by atoms with Crippen molar-refractivity contribution in [2.24, 2.45) is 0 Å². The summed E-state index contributed by atoms with van der Waals surface area (Å²) in [4.78, 5) is 33.4. The Bertz CT molecular complexity index is 309. The first-order valence-corrected chi connectivity index (χ1v) is 5.23. The smallest absolute Gasteiger partial charge is 0.308 e. The number of amides is 1. The number of Topliss-reactive ketones (excluding diaryl/α,β-unsaturated/α-hetero) is 1. The zero-order valence-corrected chi connectivity index (χ0v) is 10.5. The van der Waals surface area contributed by atoms with E-state index in [0.717, 1.165) is 0 Å². The number of ether oxygens (including phenoxy) is 1. The van der Waals surface area contributed by atoms with Gasteiger partial charge < -0.3 is 10.1 Å². The summed E-state index contributed by atoms with van der Waals surface area (Å²) in [6.07, 6.45) is -0.362. The van der Waals surface area contributed by atoms with Crippen LogP contribution >= 0.6 is 0 Å². The third-order valence-electron chi connectivity index (χ3n) is 1.69. The number of hydrogen-bond donors (Lipinski definition) is 1. The van der Waals surface area contributed by atoms with Crippen molar-refractivity contribution >= 4 is 17.7 Å². The summed E-state index contributed by atoms with van der Waals surface area (Å²) in [6.45, 7) is 4.99. The number of hydrogen-bond acceptors (Lipinski definition) is 4. The Labute approximate surface area is 99.7 Å². The summed E-state index contributed by atoms with van der Waals surface area (Å²) in [6, 6.07) is -1.16. The third-order valence-corrected chi connectivity index (χ3v) is 1.69. The molecule has 0 fully saturated rings. The molecule has 0 aromatic rings. The van der Waals surface area contributed by atoms with Crippen molar-refractivity contribution < 1.29 is 23.5 Å². The molecule has 0 heterocycles. The number of halogens is 1. The van der Waals surface area contributed by atoms with Crippen LogP contribution in [0.2, 0.25) is 0 Å². The van der Waals surface area contributed by atoms with E-state index in [-0.39, 0.29) is 6.42 Å². The van der Waals surface area contributed by atoms with Crippen molar-refractivity contribution in [2.75, 3.05) is 6.67 Å². The molecule has 0 aromatic carbocycles. The molecule has 0 saturated carbocycles. The van der Waals surface area contributed by atoms with Gasteiger partial charge in [0.25, 0.3) is 0 Å². The number of carbonyl (C=O) groups is 3. The highest BCUT2D eigenvalue weighted by atomic mass is 19.1. The van der Waals surface area contributed by atoms with Gasteiger partial charge in [0, 0.05) is 6.92 Å². The van der Waals surface area contributed by atoms with Crippen LogP contribution < -0.4 is 5.32 Å². The molecule has 5 nitrogen and oxygen atoms in total. The molecule has 0 spiro atoms. The Kier molecular flexibility index (Phi) is 5.78. The summed E-state index contributed by atoms with van der Waals surface area (Å²) < 4.78 is 17.2. The zero-order chi connectivity index (χ0) is 13.6. The van der Waals surface area contributed by atoms with Gasteiger partial charge in [-0.1, -0.05) is 0 Å². The Hall–Kier alpha value is -1.46. The number of rotatable bonds is 5. The first-order valence-electron chi connectivity index (χ1n) is 5.23. The quantitative estimate of drug-likeness (QED) is 0.728. The van der Waals surface area contributed by atoms with Crippen LogP contribution in [0, 0.1) is 0 Å². The minimum Gasteiger partial charge on any atom is -0.460 e. The number of carbonyl (C=O) groups excluding carboxylic acids is 3. The molecule has 0 aliphatic heterocycles. The van der Waals surface area contributed by atoms with E-state index in [0.29, 0.717) is 0 Å². The van der Waals surface area contributed by atoms with Gasteiger partial charge in [-0.2, -0.15) is 0 Å². The van der Waals surface area contributed by atoms with Crippen LogP contribution in [-0.4, -0.2) is 36.0 Å². The van der Waals surface area contributed by atoms with Crippen molar-refractivity contribution in [1.29, 1.82) is 0 Å². The topological polar surface area (TPSA) is 72.5 Å². The van der Waals surface area contributed by atoms with Crippen LogP contribution in [0.15, 0.2) is 0 Å². The normalized spacial score (nSPS) is 12.8. The molecule has 0 saturated heterocycles. The summed E-state index contributed by atoms with van der Waals surface area (Å²) >= 11 is 0. The Morgan fingerprint density at radius 3 is 2.18 bits per heavy atom. The fraction of sp³-hybridized carbons (Fsp3) is 0.727. The number of alkyl halides is 1. The maximum Gasteiger partial charge on any atom is 0.308 e. The van der Waals surface area contributed by atoms with E-state index < -0.39 is 36.0 Å². The lowest BCUT2D eigenvalue weighted by Crippen LogP contribution is -2.43. The molecule has 1 amide bonds. The van der Waals surface area contributed by atoms with Crippen molar-refractivity contribution in [1.82, 2.24) is 5.32 Å². The third kappa shape index (κ3) is 7.43. The average Bonchev–Trinajstić information content (AvgIpc) is 2.11. The number of ketones is 1. The second-order valence-corrected chi connectivity index (χ2v) is 4.64. The first kappa shape index (κ1) is 15.5. The Morgan fingerprint density at radius 2 is 1.82 bits per heavy atom. The maximum atomic E-state index is 12.2. The van der Waals surface area contributed by atoms with E-state index in [1.165, 1.54) is 6.92 Å². The second-order valence-electron chi connectivity index (χ2n) is 4.64. The molecule has 0 rings (SSSR count). The van der Waals surface area contributed by atoms with Crippen LogP contribution in [0.5, 0.6) is 0 Å². The average molecular weight is 247 g/mol. The highest BCUT2D eigenvalue weighted by Gasteiger charge is 2.25. The molecule has 0 radical (unpaired) electrons. The molecule has 6 heteroatoms. The Balaban J connectivity index is 4.48. The minimum absolute atomic E-state index is 0.362. The molecule has 0 aliphatic rings. The van der Waals surface area contributed by atoms with E-state index in [1.54, 1.807) is 20.8 Å². The molecule has 17 heavy (non-hydrogen) atoms. The largest absolute Gasteiger partial charge is 0.460 e. The van der Waals surface area contributed by atoms with E-state index >= 15 is 0 Å². The van der Waals surface area contributed by atoms with Gasteiger partial charge in [-0.25, -0.2) is 4.39 Å². The summed E-state index contributed by atoms with van der Waals surface area (Å²) in [5, 5.41) is 2.22. The lowest BCUT2D eigenvalue weighted by atomic mass is 10.1. The van der Waals surface area contributed by atoms with Crippen molar-refractivity contribution in [3.63, 3.8) is 0 Å². The fourth-order valence-corrected chi connectivity index (χ4v) is 1.13. The highest BCUT2D eigenvalue weighted by Crippen LogP contribution is 2.09. The predicted molar refractivity (Wildman–Crippen MR) is 59.0 cm³/mol. The lowest BCUT2D eigenvalue weighted by Gasteiger charge is -2.21. The molecule has 0 aliphatic carbocycles. The summed E-state index contributed by atoms with van der Waals surface area (Å²) in [5.41, 5.74) is -0.684. The van der Waals surface area contributed by atoms with E-state index in [4.69, 9.17) is 4.74 Å². The van der Waals surface area contributed by atoms with Gasteiger partial charge in [0.1, 0.15) is 18.3 Å². The highest BCUT2D eigenvalue weighted by molar-refractivity contribution is 5.92. The van der Waals surface area contributed by atoms with Gasteiger partial charge in [0.2, 0.25) is 5.91 Å². The van der Waals surface area contributed by atoms with Crippen LogP contribution in [0.25, 0.3) is 0 Å². The van der Waals surface area contributed by atoms with E-state index in [2.05, 4.69) is 5.32 Å². The van der Waals surface area contributed by atoms with Crippen molar-refractivity contribution in [3.8, 4) is 0 Å². The number of esters is 1. The van der Waals surface area contributed by atoms with Gasteiger partial charge in [-0.15, -0.1) is 0 Å². The standard InChI is InChI=1S/C11H18FNO4/c1-7(14)13-8(9(15)6-12)5-10(16)17-11(2,3)4/h8H,5-6H2,1-4H3,(H,13,14). The van der Waals surface area contributed by atoms with Gasteiger partial charge in [0.05, 0.1) is 6.42 Å². The minimum atomic E-state index is -1.23. The lowest BCUT2D eigenvalue weighted by molar-refractivity contribution is -0.156. The maximum absolute atomic E-state index is 12.2. The van der Waals surface area contributed by atoms with Crippen LogP contribution in [-0.2, 0) is 19.1 Å². The van der Waals surface area contributed by atoms with E-state index in [1.807, 2.05) is 0 Å². The molecule has 0 aromatic heterocycles. The molecule has 1 atom stereocenters. The van der Waals surface area contributed by atoms with Gasteiger partial charge in [-0.05, 0) is 20.8 Å². The van der Waals surface area contributed by atoms with Crippen LogP contribution in [0.3, 0.4) is 0 Å². The molecule has 98 valence electrons. The summed E-state index contributed by atoms with van der Waals surface area (Å²) in [5.74, 6) is -2.00. The molecule has 1 N–H and O–H groups in total. The van der Waals surface area contributed by atoms with E-state index in [9.17, 15) is 18.8 Å². The first-order chi connectivity index (χ1) is 7.65. The molecular weight excluding hydrogens is 229 g/mol. The van der Waals surface area contributed by atoms with Crippen molar-refractivity contribution in [2.45, 2.75) is 45.8 Å². The summed E-state index contributed by atoms with van der Waals surface area (Å²) in [7, 11) is 0. The molecule has 0 bridgehead atoms. The monoisotopic (exact) mass is 247 g/mol. The Morgan fingerprint density at radius 1 is 1.29 bits per heavy atom. The second kappa shape index (κ2) is 6.32. The fourth-order valence-electron chi connectivity index (χ4n) is 1.13. The van der Waals surface area contributed by atoms with Gasteiger partial charge in [-0.3, -0.25) is 14.4 Å². The number of nitrogens with one attached hydrogen (secondary N) is 1. The SMILES string of the molecule is CC(=O)NC(CC(=O)OC(C)(C)C)C(=O)CF. The van der Waals surface area contributed by atoms with Crippen molar-refractivity contribution in [3.05, 3.63) is 0 Å². The predicted octanol–water partition coefficient (Wildman–Crippen LogP) is 0.761. The van der Waals surface area contributed by atoms with Crippen LogP contribution in [0.4, 0.5) is 4.39 Å². The molecule has 1 unspecified atom stereocenters. The van der Waals surface area contributed by atoms with Gasteiger partial charge >= 0.3 is 5.97 Å².